The van der Waals surface area contributed by atoms with Crippen LogP contribution in [0.4, 0.5) is 5.69 Å². The minimum absolute atomic E-state index is 0.0723. The molecule has 2 aromatic heterocycles. The zero-order chi connectivity index (χ0) is 20.9. The van der Waals surface area contributed by atoms with Crippen LogP contribution in [-0.2, 0) is 17.8 Å². The van der Waals surface area contributed by atoms with Gasteiger partial charge in [0.2, 0.25) is 11.8 Å². The number of aryl methyl sites for hydroxylation is 1. The molecular weight excluding hydrogens is 394 g/mol. The third kappa shape index (κ3) is 4.99. The van der Waals surface area contributed by atoms with Crippen molar-refractivity contribution in [3.8, 4) is 10.8 Å². The molecule has 1 amide bonds. The third-order valence-electron chi connectivity index (χ3n) is 5.86. The predicted molar refractivity (Wildman–Crippen MR) is 122 cm³/mol. The number of para-hydroxylation sites is 1. The Morgan fingerprint density at radius 2 is 2.00 bits per heavy atom. The van der Waals surface area contributed by atoms with Crippen LogP contribution < -0.4 is 5.32 Å². The summed E-state index contributed by atoms with van der Waals surface area (Å²) in [5.41, 5.74) is 2.72. The van der Waals surface area contributed by atoms with Crippen molar-refractivity contribution >= 4 is 22.9 Å². The highest BCUT2D eigenvalue weighted by Gasteiger charge is 2.20. The number of aromatic nitrogens is 1. The van der Waals surface area contributed by atoms with E-state index in [2.05, 4.69) is 28.3 Å². The maximum atomic E-state index is 12.8. The van der Waals surface area contributed by atoms with E-state index < -0.39 is 0 Å². The van der Waals surface area contributed by atoms with Crippen LogP contribution in [-0.4, -0.2) is 28.9 Å². The second kappa shape index (κ2) is 9.58. The Morgan fingerprint density at radius 1 is 1.20 bits per heavy atom. The van der Waals surface area contributed by atoms with E-state index in [9.17, 15) is 4.79 Å². The van der Waals surface area contributed by atoms with E-state index in [-0.39, 0.29) is 12.3 Å². The number of nitrogens with one attached hydrogen (secondary N) is 1. The Labute approximate surface area is 182 Å². The summed E-state index contributed by atoms with van der Waals surface area (Å²) in [5.74, 6) is 1.20. The molecule has 0 spiro atoms. The molecule has 30 heavy (non-hydrogen) atoms. The summed E-state index contributed by atoms with van der Waals surface area (Å²) in [6, 6.07) is 12.7. The fourth-order valence-electron chi connectivity index (χ4n) is 4.14. The van der Waals surface area contributed by atoms with Gasteiger partial charge in [-0.2, -0.15) is 0 Å². The van der Waals surface area contributed by atoms with Crippen molar-refractivity contribution in [1.29, 1.82) is 0 Å². The molecular formula is C24H29N3O2S. The van der Waals surface area contributed by atoms with E-state index >= 15 is 0 Å². The number of carbonyl (C=O) groups is 1. The molecule has 0 atom stereocenters. The van der Waals surface area contributed by atoms with Crippen molar-refractivity contribution in [2.24, 2.45) is 0 Å². The second-order valence-electron chi connectivity index (χ2n) is 8.09. The molecule has 0 unspecified atom stereocenters. The predicted octanol–water partition coefficient (Wildman–Crippen LogP) is 5.66. The van der Waals surface area contributed by atoms with E-state index in [1.807, 2.05) is 42.6 Å². The van der Waals surface area contributed by atoms with Crippen LogP contribution in [0.2, 0.25) is 0 Å². The van der Waals surface area contributed by atoms with E-state index in [0.29, 0.717) is 23.4 Å². The van der Waals surface area contributed by atoms with Gasteiger partial charge in [0.1, 0.15) is 5.76 Å². The van der Waals surface area contributed by atoms with Crippen molar-refractivity contribution < 1.29 is 9.21 Å². The summed E-state index contributed by atoms with van der Waals surface area (Å²) >= 11 is 1.58. The molecule has 3 aromatic rings. The van der Waals surface area contributed by atoms with Gasteiger partial charge in [-0.25, -0.2) is 4.98 Å². The first-order valence-corrected chi connectivity index (χ1v) is 11.6. The second-order valence-corrected chi connectivity index (χ2v) is 9.04. The van der Waals surface area contributed by atoms with Crippen molar-refractivity contribution in [2.75, 3.05) is 12.4 Å². The average Bonchev–Trinajstić information content (AvgIpc) is 3.40. The topological polar surface area (TPSA) is 58.4 Å². The molecule has 6 heteroatoms. The number of rotatable bonds is 7. The fraction of sp³-hybridized carbons (Fsp3) is 0.417. The first-order valence-electron chi connectivity index (χ1n) is 10.7. The van der Waals surface area contributed by atoms with Gasteiger partial charge in [-0.05, 0) is 49.9 Å². The van der Waals surface area contributed by atoms with Gasteiger partial charge >= 0.3 is 0 Å². The van der Waals surface area contributed by atoms with Crippen LogP contribution in [0, 0.1) is 6.92 Å². The molecule has 158 valence electrons. The van der Waals surface area contributed by atoms with Crippen molar-refractivity contribution in [3.05, 3.63) is 58.8 Å². The Kier molecular flexibility index (Phi) is 6.65. The number of anilines is 1. The van der Waals surface area contributed by atoms with E-state index in [1.165, 1.54) is 32.1 Å². The summed E-state index contributed by atoms with van der Waals surface area (Å²) < 4.78 is 5.77. The number of amides is 1. The number of oxazole rings is 1. The smallest absolute Gasteiger partial charge is 0.236 e. The lowest BCUT2D eigenvalue weighted by atomic mass is 9.94. The Bertz CT molecular complexity index is 974. The van der Waals surface area contributed by atoms with Crippen LogP contribution in [0.3, 0.4) is 0 Å². The van der Waals surface area contributed by atoms with E-state index in [0.717, 1.165) is 22.7 Å². The maximum absolute atomic E-state index is 12.8. The maximum Gasteiger partial charge on any atom is 0.236 e. The van der Waals surface area contributed by atoms with Gasteiger partial charge in [-0.15, -0.1) is 11.3 Å². The standard InChI is InChI=1S/C24H29N3O2S/c1-17-21(26-24(29-17)22-13-8-14-30-22)15-23(28)25-20-12-7-6-9-18(20)16-27(2)19-10-4-3-5-11-19/h6-9,12-14,19H,3-5,10-11,15-16H2,1-2H3,(H,25,28). The van der Waals surface area contributed by atoms with Crippen LogP contribution in [0.1, 0.15) is 49.1 Å². The van der Waals surface area contributed by atoms with Gasteiger partial charge in [-0.3, -0.25) is 9.69 Å². The highest BCUT2D eigenvalue weighted by molar-refractivity contribution is 7.13. The molecule has 1 fully saturated rings. The molecule has 1 aromatic carbocycles. The lowest BCUT2D eigenvalue weighted by Gasteiger charge is -2.31. The quantitative estimate of drug-likeness (QED) is 0.533. The SMILES string of the molecule is Cc1oc(-c2cccs2)nc1CC(=O)Nc1ccccc1CN(C)C1CCCCC1. The first-order chi connectivity index (χ1) is 14.6. The number of carbonyl (C=O) groups excluding carboxylic acids is 1. The van der Waals surface area contributed by atoms with Gasteiger partial charge in [-0.1, -0.05) is 43.5 Å². The van der Waals surface area contributed by atoms with Gasteiger partial charge in [0.25, 0.3) is 0 Å². The lowest BCUT2D eigenvalue weighted by Crippen LogP contribution is -2.33. The largest absolute Gasteiger partial charge is 0.440 e. The van der Waals surface area contributed by atoms with Crippen LogP contribution in [0.25, 0.3) is 10.8 Å². The molecule has 5 nitrogen and oxygen atoms in total. The summed E-state index contributed by atoms with van der Waals surface area (Å²) in [6.45, 7) is 2.70. The Morgan fingerprint density at radius 3 is 2.77 bits per heavy atom. The van der Waals surface area contributed by atoms with E-state index in [1.54, 1.807) is 11.3 Å². The summed E-state index contributed by atoms with van der Waals surface area (Å²) in [7, 11) is 2.19. The van der Waals surface area contributed by atoms with Crippen molar-refractivity contribution in [3.63, 3.8) is 0 Å². The molecule has 4 rings (SSSR count). The summed E-state index contributed by atoms with van der Waals surface area (Å²) in [4.78, 5) is 20.7. The molecule has 0 radical (unpaired) electrons. The number of hydrogen-bond acceptors (Lipinski definition) is 5. The zero-order valence-electron chi connectivity index (χ0n) is 17.7. The van der Waals surface area contributed by atoms with Gasteiger partial charge in [0, 0.05) is 18.3 Å². The zero-order valence-corrected chi connectivity index (χ0v) is 18.5. The lowest BCUT2D eigenvalue weighted by molar-refractivity contribution is -0.115. The van der Waals surface area contributed by atoms with Gasteiger partial charge in [0.05, 0.1) is 17.0 Å². The molecule has 0 aliphatic heterocycles. The number of hydrogen-bond donors (Lipinski definition) is 1. The summed E-state index contributed by atoms with van der Waals surface area (Å²) in [6.07, 6.45) is 6.72. The molecule has 1 aliphatic carbocycles. The van der Waals surface area contributed by atoms with Gasteiger partial charge in [0.15, 0.2) is 0 Å². The minimum Gasteiger partial charge on any atom is -0.440 e. The monoisotopic (exact) mass is 423 g/mol. The van der Waals surface area contributed by atoms with Crippen LogP contribution in [0.5, 0.6) is 0 Å². The highest BCUT2D eigenvalue weighted by Crippen LogP contribution is 2.27. The normalized spacial score (nSPS) is 14.9. The van der Waals surface area contributed by atoms with Crippen molar-refractivity contribution in [1.82, 2.24) is 9.88 Å². The van der Waals surface area contributed by atoms with Crippen LogP contribution >= 0.6 is 11.3 Å². The number of nitrogens with zero attached hydrogens (tertiary/aromatic N) is 2. The average molecular weight is 424 g/mol. The molecule has 0 saturated heterocycles. The fourth-order valence-corrected chi connectivity index (χ4v) is 4.79. The molecule has 2 heterocycles. The summed E-state index contributed by atoms with van der Waals surface area (Å²) in [5, 5.41) is 5.08. The number of thiophene rings is 1. The highest BCUT2D eigenvalue weighted by atomic mass is 32.1. The van der Waals surface area contributed by atoms with E-state index in [4.69, 9.17) is 4.42 Å². The molecule has 1 N–H and O–H groups in total. The van der Waals surface area contributed by atoms with Crippen LogP contribution in [0.15, 0.2) is 46.2 Å². The molecule has 1 aliphatic rings. The molecule has 1 saturated carbocycles. The van der Waals surface area contributed by atoms with Crippen molar-refractivity contribution in [2.45, 2.75) is 58.0 Å². The number of benzene rings is 1. The third-order valence-corrected chi connectivity index (χ3v) is 6.72. The van der Waals surface area contributed by atoms with Gasteiger partial charge < -0.3 is 9.73 Å². The molecule has 0 bridgehead atoms. The Hall–Kier alpha value is -2.44. The Balaban J connectivity index is 1.41. The minimum atomic E-state index is -0.0723. The first kappa shape index (κ1) is 20.8.